The highest BCUT2D eigenvalue weighted by Crippen LogP contribution is 2.19. The average molecular weight is 347 g/mol. The van der Waals surface area contributed by atoms with Gasteiger partial charge in [0.05, 0.1) is 5.56 Å². The van der Waals surface area contributed by atoms with Crippen molar-refractivity contribution < 1.29 is 14.6 Å². The van der Waals surface area contributed by atoms with Crippen molar-refractivity contribution in [3.8, 4) is 5.75 Å². The molecule has 0 aliphatic rings. The maximum Gasteiger partial charge on any atom is 0.335 e. The molecule has 0 saturated carbocycles. The van der Waals surface area contributed by atoms with Crippen LogP contribution in [-0.2, 0) is 13.2 Å². The molecule has 26 heavy (non-hydrogen) atoms. The Balaban J connectivity index is 1.58. The minimum Gasteiger partial charge on any atom is -0.489 e. The summed E-state index contributed by atoms with van der Waals surface area (Å²) < 4.78 is 5.79. The van der Waals surface area contributed by atoms with Gasteiger partial charge < -0.3 is 15.2 Å². The fourth-order valence-corrected chi connectivity index (χ4v) is 2.59. The summed E-state index contributed by atoms with van der Waals surface area (Å²) in [6.07, 6.45) is 0. The van der Waals surface area contributed by atoms with E-state index >= 15 is 0 Å². The third kappa shape index (κ3) is 4.63. The minimum absolute atomic E-state index is 0.280. The number of hydrogen-bond donors (Lipinski definition) is 2. The van der Waals surface area contributed by atoms with Gasteiger partial charge in [-0.2, -0.15) is 0 Å². The Hall–Kier alpha value is -3.27. The lowest BCUT2D eigenvalue weighted by atomic mass is 10.1. The molecule has 0 atom stereocenters. The summed E-state index contributed by atoms with van der Waals surface area (Å²) >= 11 is 0. The summed E-state index contributed by atoms with van der Waals surface area (Å²) in [7, 11) is 0. The van der Waals surface area contributed by atoms with Crippen LogP contribution in [0.2, 0.25) is 0 Å². The number of rotatable bonds is 7. The molecule has 2 N–H and O–H groups in total. The molecule has 0 bridgehead atoms. The first-order valence-electron chi connectivity index (χ1n) is 8.45. The van der Waals surface area contributed by atoms with Crippen molar-refractivity contribution in [3.05, 3.63) is 95.1 Å². The van der Waals surface area contributed by atoms with Gasteiger partial charge in [-0.1, -0.05) is 48.5 Å². The van der Waals surface area contributed by atoms with Gasteiger partial charge in [-0.15, -0.1) is 0 Å². The summed E-state index contributed by atoms with van der Waals surface area (Å²) in [5, 5.41) is 12.4. The zero-order valence-corrected chi connectivity index (χ0v) is 14.6. The highest BCUT2D eigenvalue weighted by molar-refractivity contribution is 5.89. The number of hydrogen-bond acceptors (Lipinski definition) is 3. The van der Waals surface area contributed by atoms with Gasteiger partial charge in [0, 0.05) is 12.2 Å². The number of nitrogens with one attached hydrogen (secondary N) is 1. The highest BCUT2D eigenvalue weighted by Gasteiger charge is 2.06. The van der Waals surface area contributed by atoms with Crippen LogP contribution in [0.15, 0.2) is 72.8 Å². The Morgan fingerprint density at radius 1 is 0.962 bits per heavy atom. The molecule has 0 amide bonds. The van der Waals surface area contributed by atoms with E-state index in [1.54, 1.807) is 12.1 Å². The largest absolute Gasteiger partial charge is 0.489 e. The van der Waals surface area contributed by atoms with Gasteiger partial charge in [-0.25, -0.2) is 4.79 Å². The average Bonchev–Trinajstić information content (AvgIpc) is 2.67. The molecule has 0 aliphatic heterocycles. The molecule has 0 aliphatic carbocycles. The molecule has 3 aromatic rings. The van der Waals surface area contributed by atoms with Crippen LogP contribution in [0.1, 0.15) is 27.0 Å². The van der Waals surface area contributed by atoms with E-state index in [0.717, 1.165) is 28.1 Å². The zero-order valence-electron chi connectivity index (χ0n) is 14.6. The Labute approximate surface area is 153 Å². The topological polar surface area (TPSA) is 58.6 Å². The third-order valence-electron chi connectivity index (χ3n) is 4.14. The van der Waals surface area contributed by atoms with Crippen molar-refractivity contribution in [2.24, 2.45) is 0 Å². The van der Waals surface area contributed by atoms with Crippen LogP contribution in [0.25, 0.3) is 0 Å². The van der Waals surface area contributed by atoms with Crippen molar-refractivity contribution in [2.45, 2.75) is 20.1 Å². The van der Waals surface area contributed by atoms with Crippen molar-refractivity contribution in [1.82, 2.24) is 0 Å². The minimum atomic E-state index is -0.923. The third-order valence-corrected chi connectivity index (χ3v) is 4.14. The van der Waals surface area contributed by atoms with E-state index in [-0.39, 0.29) is 5.56 Å². The van der Waals surface area contributed by atoms with Crippen LogP contribution in [0.4, 0.5) is 5.69 Å². The molecule has 0 aromatic heterocycles. The molecule has 0 spiro atoms. The highest BCUT2D eigenvalue weighted by atomic mass is 16.5. The normalized spacial score (nSPS) is 10.3. The molecule has 3 rings (SSSR count). The first-order chi connectivity index (χ1) is 12.6. The lowest BCUT2D eigenvalue weighted by Gasteiger charge is -2.11. The number of carboxylic acids is 1. The van der Waals surface area contributed by atoms with Crippen LogP contribution in [-0.4, -0.2) is 11.1 Å². The quantitative estimate of drug-likeness (QED) is 0.639. The molecule has 3 aromatic carbocycles. The maximum absolute atomic E-state index is 11.1. The SMILES string of the molecule is Cc1ccc(C(=O)O)cc1NCc1ccc(OCc2ccccc2)cc1. The van der Waals surface area contributed by atoms with Gasteiger partial charge in [-0.3, -0.25) is 0 Å². The summed E-state index contributed by atoms with van der Waals surface area (Å²) in [4.78, 5) is 11.1. The van der Waals surface area contributed by atoms with E-state index in [9.17, 15) is 4.79 Å². The first kappa shape index (κ1) is 17.5. The monoisotopic (exact) mass is 347 g/mol. The van der Waals surface area contributed by atoms with E-state index in [4.69, 9.17) is 9.84 Å². The van der Waals surface area contributed by atoms with Gasteiger partial charge >= 0.3 is 5.97 Å². The number of carbonyl (C=O) groups is 1. The lowest BCUT2D eigenvalue weighted by molar-refractivity contribution is 0.0697. The molecular formula is C22H21NO3. The Kier molecular flexibility index (Phi) is 5.54. The van der Waals surface area contributed by atoms with Crippen molar-refractivity contribution in [2.75, 3.05) is 5.32 Å². The molecule has 0 unspecified atom stereocenters. The Morgan fingerprint density at radius 2 is 1.69 bits per heavy atom. The van der Waals surface area contributed by atoms with E-state index < -0.39 is 5.97 Å². The summed E-state index contributed by atoms with van der Waals surface area (Å²) in [6.45, 7) is 3.11. The second kappa shape index (κ2) is 8.21. The first-order valence-corrected chi connectivity index (χ1v) is 8.45. The van der Waals surface area contributed by atoms with Gasteiger partial charge in [-0.05, 0) is 47.9 Å². The van der Waals surface area contributed by atoms with E-state index in [1.165, 1.54) is 0 Å². The number of aromatic carboxylic acids is 1. The smallest absolute Gasteiger partial charge is 0.335 e. The van der Waals surface area contributed by atoms with Crippen LogP contribution in [0.5, 0.6) is 5.75 Å². The maximum atomic E-state index is 11.1. The van der Waals surface area contributed by atoms with Crippen molar-refractivity contribution >= 4 is 11.7 Å². The van der Waals surface area contributed by atoms with Gasteiger partial charge in [0.2, 0.25) is 0 Å². The summed E-state index contributed by atoms with van der Waals surface area (Å²) in [6, 6.07) is 23.0. The summed E-state index contributed by atoms with van der Waals surface area (Å²) in [5.41, 5.74) is 4.35. The molecule has 0 fully saturated rings. The zero-order chi connectivity index (χ0) is 18.4. The Morgan fingerprint density at radius 3 is 2.38 bits per heavy atom. The fraction of sp³-hybridized carbons (Fsp3) is 0.136. The predicted molar refractivity (Wildman–Crippen MR) is 103 cm³/mol. The molecule has 4 heteroatoms. The molecule has 0 heterocycles. The van der Waals surface area contributed by atoms with Crippen molar-refractivity contribution in [3.63, 3.8) is 0 Å². The second-order valence-corrected chi connectivity index (χ2v) is 6.11. The number of ether oxygens (including phenoxy) is 1. The fourth-order valence-electron chi connectivity index (χ4n) is 2.59. The molecule has 132 valence electrons. The standard InChI is InChI=1S/C22H21NO3/c1-16-7-10-19(22(24)25)13-21(16)23-14-17-8-11-20(12-9-17)26-15-18-5-3-2-4-6-18/h2-13,23H,14-15H2,1H3,(H,24,25). The molecular weight excluding hydrogens is 326 g/mol. The van der Waals surface area contributed by atoms with Crippen molar-refractivity contribution in [1.29, 1.82) is 0 Å². The second-order valence-electron chi connectivity index (χ2n) is 6.11. The van der Waals surface area contributed by atoms with Gasteiger partial charge in [0.15, 0.2) is 0 Å². The van der Waals surface area contributed by atoms with Gasteiger partial charge in [0.25, 0.3) is 0 Å². The van der Waals surface area contributed by atoms with E-state index in [2.05, 4.69) is 5.32 Å². The predicted octanol–water partition coefficient (Wildman–Crippen LogP) is 4.88. The molecule has 4 nitrogen and oxygen atoms in total. The van der Waals surface area contributed by atoms with Crippen LogP contribution in [0, 0.1) is 6.92 Å². The van der Waals surface area contributed by atoms with E-state index in [1.807, 2.05) is 67.6 Å². The number of anilines is 1. The molecule has 0 radical (unpaired) electrons. The van der Waals surface area contributed by atoms with Gasteiger partial charge in [0.1, 0.15) is 12.4 Å². The van der Waals surface area contributed by atoms with Crippen LogP contribution >= 0.6 is 0 Å². The van der Waals surface area contributed by atoms with Crippen LogP contribution < -0.4 is 10.1 Å². The number of benzene rings is 3. The van der Waals surface area contributed by atoms with E-state index in [0.29, 0.717) is 13.2 Å². The number of carboxylic acid groups (broad SMARTS) is 1. The number of aryl methyl sites for hydroxylation is 1. The molecule has 0 saturated heterocycles. The van der Waals surface area contributed by atoms with Crippen LogP contribution in [0.3, 0.4) is 0 Å². The summed E-state index contributed by atoms with van der Waals surface area (Å²) in [5.74, 6) is -0.102. The lowest BCUT2D eigenvalue weighted by Crippen LogP contribution is -2.04. The Bertz CT molecular complexity index is 874.